The summed E-state index contributed by atoms with van der Waals surface area (Å²) in [4.78, 5) is 23.9. The maximum Gasteiger partial charge on any atom is 0.352 e. The van der Waals surface area contributed by atoms with Crippen LogP contribution in [0.3, 0.4) is 0 Å². The largest absolute Gasteiger partial charge is 0.477 e. The second kappa shape index (κ2) is 4.46. The number of aliphatic carboxylic acids is 1. The van der Waals surface area contributed by atoms with Gasteiger partial charge in [0.05, 0.1) is 0 Å². The van der Waals surface area contributed by atoms with Crippen molar-refractivity contribution in [1.82, 2.24) is 4.90 Å². The van der Waals surface area contributed by atoms with Crippen molar-refractivity contribution in [1.29, 1.82) is 0 Å². The number of carbonyl (C=O) groups is 2. The van der Waals surface area contributed by atoms with E-state index in [9.17, 15) is 9.59 Å². The molecule has 0 bridgehead atoms. The van der Waals surface area contributed by atoms with E-state index in [2.05, 4.69) is 31.9 Å². The lowest BCUT2D eigenvalue weighted by molar-refractivity contribution is -0.167. The molecule has 0 radical (unpaired) electrons. The van der Waals surface area contributed by atoms with E-state index in [1.54, 1.807) is 13.8 Å². The summed E-state index contributed by atoms with van der Waals surface area (Å²) < 4.78 is 4.04. The summed E-state index contributed by atoms with van der Waals surface area (Å²) >= 11 is 6.30. The zero-order valence-electron chi connectivity index (χ0n) is 8.95. The van der Waals surface area contributed by atoms with Crippen molar-refractivity contribution >= 4 is 43.7 Å². The molecule has 90 valence electrons. The number of hydrogen-bond donors (Lipinski definition) is 1. The van der Waals surface area contributed by atoms with E-state index in [4.69, 9.17) is 9.84 Å². The number of rotatable bonds is 3. The molecule has 1 aliphatic heterocycles. The van der Waals surface area contributed by atoms with Crippen LogP contribution in [0.25, 0.3) is 0 Å². The fraction of sp³-hybridized carbons (Fsp3) is 0.556. The summed E-state index contributed by atoms with van der Waals surface area (Å²) in [5.74, 6) is -1.54. The van der Waals surface area contributed by atoms with Crippen LogP contribution in [0.15, 0.2) is 11.3 Å². The number of amides is 1. The second-order valence-electron chi connectivity index (χ2n) is 3.54. The summed E-state index contributed by atoms with van der Waals surface area (Å²) in [7, 11) is 1.41. The van der Waals surface area contributed by atoms with Crippen molar-refractivity contribution in [3.63, 3.8) is 0 Å². The smallest absolute Gasteiger partial charge is 0.352 e. The van der Waals surface area contributed by atoms with Crippen LogP contribution >= 0.6 is 31.9 Å². The minimum atomic E-state index is -1.15. The fourth-order valence-electron chi connectivity index (χ4n) is 1.50. The van der Waals surface area contributed by atoms with E-state index in [1.807, 2.05) is 0 Å². The fourth-order valence-corrected chi connectivity index (χ4v) is 2.66. The van der Waals surface area contributed by atoms with E-state index in [-0.39, 0.29) is 5.70 Å². The predicted octanol–water partition coefficient (Wildman–Crippen LogP) is 1.67. The highest BCUT2D eigenvalue weighted by atomic mass is 79.9. The van der Waals surface area contributed by atoms with E-state index in [1.165, 1.54) is 7.11 Å². The lowest BCUT2D eigenvalue weighted by Gasteiger charge is -2.48. The molecule has 5 nitrogen and oxygen atoms in total. The van der Waals surface area contributed by atoms with Gasteiger partial charge in [-0.2, -0.15) is 0 Å². The zero-order chi connectivity index (χ0) is 12.7. The number of carbonyl (C=O) groups excluding carboxylic acids is 1. The van der Waals surface area contributed by atoms with Gasteiger partial charge in [0.2, 0.25) is 3.23 Å². The van der Waals surface area contributed by atoms with Crippen LogP contribution in [0, 0.1) is 0 Å². The highest BCUT2D eigenvalue weighted by Gasteiger charge is 2.61. The number of likely N-dealkylation sites (tertiary alicyclic amines) is 1. The Morgan fingerprint density at radius 3 is 2.31 bits per heavy atom. The Labute approximate surface area is 110 Å². The number of carboxylic acids is 1. The van der Waals surface area contributed by atoms with Crippen LogP contribution in [0.4, 0.5) is 0 Å². The average Bonchev–Trinajstić information content (AvgIpc) is 2.15. The van der Waals surface area contributed by atoms with Gasteiger partial charge in [0, 0.05) is 7.11 Å². The second-order valence-corrected chi connectivity index (χ2v) is 7.11. The maximum atomic E-state index is 11.8. The Kier molecular flexibility index (Phi) is 3.81. The first kappa shape index (κ1) is 13.7. The number of methoxy groups -OCH3 is 1. The number of ether oxygens (including phenoxy) is 1. The summed E-state index contributed by atoms with van der Waals surface area (Å²) in [5.41, 5.74) is 0.491. The van der Waals surface area contributed by atoms with Crippen LogP contribution in [-0.2, 0) is 14.3 Å². The first-order valence-corrected chi connectivity index (χ1v) is 5.98. The molecule has 7 heteroatoms. The van der Waals surface area contributed by atoms with Crippen molar-refractivity contribution in [2.75, 3.05) is 7.11 Å². The maximum absolute atomic E-state index is 11.8. The molecule has 0 saturated carbocycles. The molecule has 1 heterocycles. The molecule has 0 spiro atoms. The molecule has 0 aromatic carbocycles. The summed E-state index contributed by atoms with van der Waals surface area (Å²) in [5, 5.41) is 9.04. The minimum Gasteiger partial charge on any atom is -0.477 e. The highest BCUT2D eigenvalue weighted by Crippen LogP contribution is 2.46. The summed E-state index contributed by atoms with van der Waals surface area (Å²) in [6.45, 7) is 3.26. The van der Waals surface area contributed by atoms with Crippen LogP contribution in [0.2, 0.25) is 0 Å². The van der Waals surface area contributed by atoms with Crippen molar-refractivity contribution in [2.45, 2.75) is 23.3 Å². The van der Waals surface area contributed by atoms with Gasteiger partial charge in [0.15, 0.2) is 6.23 Å². The molecular formula is C9H11Br2NO4. The molecule has 1 fully saturated rings. The van der Waals surface area contributed by atoms with Crippen LogP contribution < -0.4 is 0 Å². The van der Waals surface area contributed by atoms with E-state index >= 15 is 0 Å². The molecule has 1 N–H and O–H groups in total. The molecule has 1 saturated heterocycles. The first-order chi connectivity index (χ1) is 7.25. The summed E-state index contributed by atoms with van der Waals surface area (Å²) in [6, 6.07) is 0. The van der Waals surface area contributed by atoms with E-state index < -0.39 is 21.3 Å². The third kappa shape index (κ3) is 1.91. The van der Waals surface area contributed by atoms with Crippen LogP contribution in [-0.4, -0.2) is 38.5 Å². The van der Waals surface area contributed by atoms with Crippen molar-refractivity contribution in [2.24, 2.45) is 0 Å². The minimum absolute atomic E-state index is 0.0497. The lowest BCUT2D eigenvalue weighted by atomic mass is 10.1. The molecule has 0 aromatic rings. The third-order valence-corrected chi connectivity index (χ3v) is 3.65. The lowest BCUT2D eigenvalue weighted by Crippen LogP contribution is -2.68. The van der Waals surface area contributed by atoms with Gasteiger partial charge < -0.3 is 9.84 Å². The number of β-lactam (4-membered cyclic amide) rings is 1. The van der Waals surface area contributed by atoms with Gasteiger partial charge in [0.1, 0.15) is 5.70 Å². The predicted molar refractivity (Wildman–Crippen MR) is 64.2 cm³/mol. The van der Waals surface area contributed by atoms with Gasteiger partial charge in [0.25, 0.3) is 5.91 Å². The molecule has 1 amide bonds. The zero-order valence-corrected chi connectivity index (χ0v) is 12.1. The van der Waals surface area contributed by atoms with Crippen molar-refractivity contribution in [3.05, 3.63) is 11.3 Å². The topological polar surface area (TPSA) is 66.8 Å². The number of halogens is 2. The molecular weight excluding hydrogens is 346 g/mol. The van der Waals surface area contributed by atoms with E-state index in [0.717, 1.165) is 4.90 Å². The SMILES string of the molecule is COC1N(C(C(=O)O)=C(C)C)C(=O)C1(Br)Br. The number of allylic oxidation sites excluding steroid dienone is 1. The van der Waals surface area contributed by atoms with Gasteiger partial charge in [-0.05, 0) is 19.4 Å². The molecule has 0 aliphatic carbocycles. The third-order valence-electron chi connectivity index (χ3n) is 2.19. The number of nitrogens with zero attached hydrogens (tertiary/aromatic N) is 1. The standard InChI is InChI=1S/C9H11Br2NO4/c1-4(2)5(6(13)14)12-7(15)9(10,11)8(12)16-3/h8H,1-3H3,(H,13,14). The Hall–Kier alpha value is -0.400. The van der Waals surface area contributed by atoms with Gasteiger partial charge in [-0.1, -0.05) is 31.9 Å². The Morgan fingerprint density at radius 1 is 1.50 bits per heavy atom. The first-order valence-electron chi connectivity index (χ1n) is 4.40. The van der Waals surface area contributed by atoms with Gasteiger partial charge in [-0.3, -0.25) is 9.69 Å². The van der Waals surface area contributed by atoms with Crippen molar-refractivity contribution in [3.8, 4) is 0 Å². The molecule has 0 aromatic heterocycles. The Balaban J connectivity index is 3.12. The van der Waals surface area contributed by atoms with Crippen molar-refractivity contribution < 1.29 is 19.4 Å². The summed E-state index contributed by atoms with van der Waals surface area (Å²) in [6.07, 6.45) is -0.680. The van der Waals surface area contributed by atoms with Crippen LogP contribution in [0.5, 0.6) is 0 Å². The molecule has 16 heavy (non-hydrogen) atoms. The van der Waals surface area contributed by atoms with Gasteiger partial charge in [-0.25, -0.2) is 4.79 Å². The molecule has 1 atom stereocenters. The Bertz CT molecular complexity index is 374. The molecule has 1 aliphatic rings. The quantitative estimate of drug-likeness (QED) is 0.474. The average molecular weight is 357 g/mol. The Morgan fingerprint density at radius 2 is 2.00 bits per heavy atom. The molecule has 1 rings (SSSR count). The van der Waals surface area contributed by atoms with Gasteiger partial charge >= 0.3 is 5.97 Å². The van der Waals surface area contributed by atoms with Crippen LogP contribution in [0.1, 0.15) is 13.8 Å². The van der Waals surface area contributed by atoms with Gasteiger partial charge in [-0.15, -0.1) is 0 Å². The number of hydrogen-bond acceptors (Lipinski definition) is 3. The number of alkyl halides is 2. The molecule has 1 unspecified atom stereocenters. The monoisotopic (exact) mass is 355 g/mol. The normalized spacial score (nSPS) is 22.7. The van der Waals surface area contributed by atoms with E-state index in [0.29, 0.717) is 5.57 Å². The number of carboxylic acid groups (broad SMARTS) is 1. The highest BCUT2D eigenvalue weighted by molar-refractivity contribution is 9.26.